The van der Waals surface area contributed by atoms with Gasteiger partial charge in [0.2, 0.25) is 0 Å². The molecule has 0 atom stereocenters. The standard InChI is InChI=1S/C35H28/c1-27-22-28(25-34(30-14-6-2-7-15-30)31-16-8-3-9-17-31)24-29(23-27)26-35(32-18-10-4-11-19-32)33-20-12-5-13-21-33/h2-26H,1H3. The lowest BCUT2D eigenvalue weighted by Crippen LogP contribution is -1.90. The summed E-state index contributed by atoms with van der Waals surface area (Å²) in [6.45, 7) is 2.17. The van der Waals surface area contributed by atoms with E-state index < -0.39 is 0 Å². The summed E-state index contributed by atoms with van der Waals surface area (Å²) >= 11 is 0. The molecule has 0 aliphatic carbocycles. The van der Waals surface area contributed by atoms with Crippen LogP contribution in [0, 0.1) is 6.92 Å². The van der Waals surface area contributed by atoms with E-state index in [0.717, 1.165) is 0 Å². The zero-order valence-corrected chi connectivity index (χ0v) is 19.9. The Balaban J connectivity index is 1.63. The minimum Gasteiger partial charge on any atom is -0.0622 e. The molecule has 0 fully saturated rings. The van der Waals surface area contributed by atoms with E-state index in [1.165, 1.54) is 50.1 Å². The average Bonchev–Trinajstić information content (AvgIpc) is 2.92. The summed E-state index contributed by atoms with van der Waals surface area (Å²) in [4.78, 5) is 0. The molecule has 0 aromatic heterocycles. The Kier molecular flexibility index (Phi) is 6.82. The molecule has 0 aliphatic rings. The predicted octanol–water partition coefficient (Wildman–Crippen LogP) is 9.17. The van der Waals surface area contributed by atoms with Gasteiger partial charge >= 0.3 is 0 Å². The van der Waals surface area contributed by atoms with Gasteiger partial charge in [-0.25, -0.2) is 0 Å². The highest BCUT2D eigenvalue weighted by atomic mass is 14.1. The van der Waals surface area contributed by atoms with Crippen LogP contribution in [-0.4, -0.2) is 0 Å². The molecule has 0 saturated carbocycles. The first-order valence-corrected chi connectivity index (χ1v) is 12.0. The van der Waals surface area contributed by atoms with Gasteiger partial charge in [0, 0.05) is 0 Å². The fourth-order valence-electron chi connectivity index (χ4n) is 4.48. The van der Waals surface area contributed by atoms with Gasteiger partial charge in [0.25, 0.3) is 0 Å². The van der Waals surface area contributed by atoms with Crippen LogP contribution >= 0.6 is 0 Å². The van der Waals surface area contributed by atoms with Crippen molar-refractivity contribution < 1.29 is 0 Å². The van der Waals surface area contributed by atoms with Gasteiger partial charge in [-0.2, -0.15) is 0 Å². The van der Waals surface area contributed by atoms with Gasteiger partial charge < -0.3 is 0 Å². The van der Waals surface area contributed by atoms with Crippen molar-refractivity contribution in [2.45, 2.75) is 6.92 Å². The smallest absolute Gasteiger partial charge is 0.0105 e. The number of rotatable bonds is 6. The summed E-state index contributed by atoms with van der Waals surface area (Å²) in [5.41, 5.74) is 10.9. The van der Waals surface area contributed by atoms with Crippen LogP contribution in [0.15, 0.2) is 140 Å². The Hall–Kier alpha value is -4.42. The van der Waals surface area contributed by atoms with Crippen molar-refractivity contribution in [3.05, 3.63) is 178 Å². The van der Waals surface area contributed by atoms with E-state index in [1.807, 2.05) is 0 Å². The van der Waals surface area contributed by atoms with Crippen LogP contribution in [0.25, 0.3) is 23.3 Å². The van der Waals surface area contributed by atoms with Crippen molar-refractivity contribution in [2.24, 2.45) is 0 Å². The monoisotopic (exact) mass is 448 g/mol. The fourth-order valence-corrected chi connectivity index (χ4v) is 4.48. The number of aryl methyl sites for hydroxylation is 1. The van der Waals surface area contributed by atoms with Crippen LogP contribution in [0.1, 0.15) is 38.9 Å². The van der Waals surface area contributed by atoms with Gasteiger partial charge in [-0.05, 0) is 75.2 Å². The SMILES string of the molecule is Cc1cc(C=C(c2ccccc2)c2ccccc2)cc(C=C(c2ccccc2)c2ccccc2)c1. The van der Waals surface area contributed by atoms with E-state index in [4.69, 9.17) is 0 Å². The summed E-state index contributed by atoms with van der Waals surface area (Å²) in [5.74, 6) is 0. The summed E-state index contributed by atoms with van der Waals surface area (Å²) in [6.07, 6.45) is 4.61. The molecule has 5 rings (SSSR count). The highest BCUT2D eigenvalue weighted by molar-refractivity contribution is 5.94. The first kappa shape index (κ1) is 22.4. The maximum atomic E-state index is 2.31. The van der Waals surface area contributed by atoms with Gasteiger partial charge in [0.05, 0.1) is 0 Å². The summed E-state index contributed by atoms with van der Waals surface area (Å²) in [7, 11) is 0. The first-order valence-electron chi connectivity index (χ1n) is 12.0. The van der Waals surface area contributed by atoms with Gasteiger partial charge in [0.1, 0.15) is 0 Å². The van der Waals surface area contributed by atoms with Crippen LogP contribution < -0.4 is 0 Å². The molecule has 0 bridgehead atoms. The molecule has 0 radical (unpaired) electrons. The predicted molar refractivity (Wildman–Crippen MR) is 151 cm³/mol. The molecule has 0 saturated heterocycles. The minimum absolute atomic E-state index is 1.19. The number of benzene rings is 5. The van der Waals surface area contributed by atoms with Crippen molar-refractivity contribution in [3.8, 4) is 0 Å². The first-order chi connectivity index (χ1) is 17.3. The third-order valence-electron chi connectivity index (χ3n) is 6.08. The maximum Gasteiger partial charge on any atom is -0.0105 e. The molecular formula is C35H28. The zero-order chi connectivity index (χ0) is 23.9. The quantitative estimate of drug-likeness (QED) is 0.227. The zero-order valence-electron chi connectivity index (χ0n) is 19.9. The Morgan fingerprint density at radius 3 is 0.971 bits per heavy atom. The molecule has 5 aromatic carbocycles. The normalized spacial score (nSPS) is 10.4. The van der Waals surface area contributed by atoms with E-state index >= 15 is 0 Å². The summed E-state index contributed by atoms with van der Waals surface area (Å²) < 4.78 is 0. The van der Waals surface area contributed by atoms with E-state index in [-0.39, 0.29) is 0 Å². The lowest BCUT2D eigenvalue weighted by atomic mass is 9.93. The molecule has 0 amide bonds. The van der Waals surface area contributed by atoms with Crippen LogP contribution in [-0.2, 0) is 0 Å². The Morgan fingerprint density at radius 2 is 0.686 bits per heavy atom. The van der Waals surface area contributed by atoms with Gasteiger partial charge in [-0.1, -0.05) is 133 Å². The molecule has 0 heterocycles. The molecule has 5 aromatic rings. The van der Waals surface area contributed by atoms with Crippen LogP contribution in [0.3, 0.4) is 0 Å². The van der Waals surface area contributed by atoms with Crippen molar-refractivity contribution in [3.63, 3.8) is 0 Å². The second-order valence-corrected chi connectivity index (χ2v) is 8.76. The lowest BCUT2D eigenvalue weighted by molar-refractivity contribution is 1.44. The van der Waals surface area contributed by atoms with Crippen molar-refractivity contribution >= 4 is 23.3 Å². The third-order valence-corrected chi connectivity index (χ3v) is 6.08. The number of hydrogen-bond acceptors (Lipinski definition) is 0. The number of hydrogen-bond donors (Lipinski definition) is 0. The Morgan fingerprint density at radius 1 is 0.400 bits per heavy atom. The van der Waals surface area contributed by atoms with Gasteiger partial charge in [-0.3, -0.25) is 0 Å². The minimum atomic E-state index is 1.19. The van der Waals surface area contributed by atoms with Gasteiger partial charge in [0.15, 0.2) is 0 Å². The molecule has 168 valence electrons. The van der Waals surface area contributed by atoms with Crippen molar-refractivity contribution in [2.75, 3.05) is 0 Å². The van der Waals surface area contributed by atoms with Crippen LogP contribution in [0.2, 0.25) is 0 Å². The fraction of sp³-hybridized carbons (Fsp3) is 0.0286. The molecule has 0 nitrogen and oxygen atoms in total. The largest absolute Gasteiger partial charge is 0.0622 e. The van der Waals surface area contributed by atoms with Gasteiger partial charge in [-0.15, -0.1) is 0 Å². The van der Waals surface area contributed by atoms with E-state index in [2.05, 4.69) is 159 Å². The second kappa shape index (κ2) is 10.7. The molecule has 0 unspecified atom stereocenters. The van der Waals surface area contributed by atoms with E-state index in [9.17, 15) is 0 Å². The molecule has 0 N–H and O–H groups in total. The van der Waals surface area contributed by atoms with Crippen LogP contribution in [0.5, 0.6) is 0 Å². The molecular weight excluding hydrogens is 420 g/mol. The van der Waals surface area contributed by atoms with Crippen molar-refractivity contribution in [1.29, 1.82) is 0 Å². The van der Waals surface area contributed by atoms with E-state index in [0.29, 0.717) is 0 Å². The van der Waals surface area contributed by atoms with Crippen LogP contribution in [0.4, 0.5) is 0 Å². The highest BCUT2D eigenvalue weighted by Crippen LogP contribution is 2.29. The third kappa shape index (κ3) is 5.57. The Bertz CT molecular complexity index is 1250. The Labute approximate surface area is 208 Å². The van der Waals surface area contributed by atoms with Crippen molar-refractivity contribution in [1.82, 2.24) is 0 Å². The molecule has 0 heteroatoms. The second-order valence-electron chi connectivity index (χ2n) is 8.76. The molecule has 0 spiro atoms. The summed E-state index contributed by atoms with van der Waals surface area (Å²) in [6, 6.07) is 49.3. The maximum absolute atomic E-state index is 2.31. The lowest BCUT2D eigenvalue weighted by Gasteiger charge is -2.12. The highest BCUT2D eigenvalue weighted by Gasteiger charge is 2.08. The molecule has 35 heavy (non-hydrogen) atoms. The van der Waals surface area contributed by atoms with E-state index in [1.54, 1.807) is 0 Å². The summed E-state index contributed by atoms with van der Waals surface area (Å²) in [5, 5.41) is 0. The molecule has 0 aliphatic heterocycles. The average molecular weight is 449 g/mol. The topological polar surface area (TPSA) is 0 Å².